The summed E-state index contributed by atoms with van der Waals surface area (Å²) in [5.74, 6) is 2.82. The van der Waals surface area contributed by atoms with Gasteiger partial charge in [-0.3, -0.25) is 0 Å². The second-order valence-electron chi connectivity index (χ2n) is 11.2. The van der Waals surface area contributed by atoms with Crippen molar-refractivity contribution in [1.29, 1.82) is 0 Å². The molecule has 0 saturated heterocycles. The summed E-state index contributed by atoms with van der Waals surface area (Å²) in [6.07, 6.45) is 0. The van der Waals surface area contributed by atoms with Gasteiger partial charge in [-0.2, -0.15) is 5.10 Å². The minimum absolute atomic E-state index is 0.195. The maximum Gasteiger partial charge on any atom is 0.203 e. The van der Waals surface area contributed by atoms with E-state index in [1.807, 2.05) is 12.1 Å². The topological polar surface area (TPSA) is 48.8 Å². The molecule has 2 heterocycles. The van der Waals surface area contributed by atoms with Crippen LogP contribution in [0.3, 0.4) is 0 Å². The fourth-order valence-electron chi connectivity index (χ4n) is 5.83. The summed E-state index contributed by atoms with van der Waals surface area (Å²) in [4.78, 5) is 2.40. The third kappa shape index (κ3) is 4.40. The zero-order valence-electron chi connectivity index (χ0n) is 24.4. The Morgan fingerprint density at radius 3 is 1.80 bits per heavy atom. The molecule has 1 aliphatic rings. The Morgan fingerprint density at radius 1 is 0.683 bits per heavy atom. The lowest BCUT2D eigenvalue weighted by Crippen LogP contribution is -2.31. The van der Waals surface area contributed by atoms with Crippen molar-refractivity contribution in [2.45, 2.75) is 32.2 Å². The molecule has 4 aromatic carbocycles. The van der Waals surface area contributed by atoms with E-state index in [-0.39, 0.29) is 11.5 Å². The van der Waals surface area contributed by atoms with Gasteiger partial charge in [0.25, 0.3) is 0 Å². The molecule has 0 fully saturated rings. The molecule has 0 radical (unpaired) electrons. The maximum atomic E-state index is 5.81. The van der Waals surface area contributed by atoms with Gasteiger partial charge in [0, 0.05) is 16.7 Å². The van der Waals surface area contributed by atoms with Crippen molar-refractivity contribution in [1.82, 2.24) is 9.78 Å². The van der Waals surface area contributed by atoms with E-state index in [1.165, 1.54) is 11.1 Å². The van der Waals surface area contributed by atoms with Crippen LogP contribution in [-0.4, -0.2) is 31.1 Å². The molecule has 1 aromatic heterocycles. The van der Waals surface area contributed by atoms with Gasteiger partial charge in [0.05, 0.1) is 38.8 Å². The summed E-state index contributed by atoms with van der Waals surface area (Å²) < 4.78 is 19.4. The maximum absolute atomic E-state index is 5.81. The minimum Gasteiger partial charge on any atom is -0.493 e. The molecule has 208 valence electrons. The number of methoxy groups -OCH3 is 3. The Balaban J connectivity index is 1.75. The third-order valence-electron chi connectivity index (χ3n) is 7.62. The molecule has 0 amide bonds. The number of hydrogen-bond acceptors (Lipinski definition) is 5. The number of ether oxygens (including phenoxy) is 3. The Hall–Kier alpha value is -4.71. The lowest BCUT2D eigenvalue weighted by molar-refractivity contribution is 0.323. The first-order valence-electron chi connectivity index (χ1n) is 13.8. The van der Waals surface area contributed by atoms with Crippen LogP contribution < -0.4 is 19.1 Å². The van der Waals surface area contributed by atoms with Gasteiger partial charge in [-0.25, -0.2) is 4.68 Å². The fourth-order valence-corrected chi connectivity index (χ4v) is 5.83. The van der Waals surface area contributed by atoms with Crippen LogP contribution >= 0.6 is 0 Å². The molecule has 0 bridgehead atoms. The first-order valence-corrected chi connectivity index (χ1v) is 13.8. The Kier molecular flexibility index (Phi) is 6.70. The van der Waals surface area contributed by atoms with E-state index in [1.54, 1.807) is 21.3 Å². The van der Waals surface area contributed by atoms with Gasteiger partial charge in [-0.15, -0.1) is 0 Å². The molecule has 6 heteroatoms. The number of fused-ring (bicyclic) bond motifs is 3. The molecular formula is C35H35N3O3. The summed E-state index contributed by atoms with van der Waals surface area (Å²) in [5.41, 5.74) is 7.41. The third-order valence-corrected chi connectivity index (χ3v) is 7.62. The van der Waals surface area contributed by atoms with Crippen molar-refractivity contribution in [2.75, 3.05) is 26.2 Å². The van der Waals surface area contributed by atoms with Gasteiger partial charge >= 0.3 is 0 Å². The Labute approximate surface area is 241 Å². The normalized spacial score (nSPS) is 14.3. The average molecular weight is 546 g/mol. The quantitative estimate of drug-likeness (QED) is 0.216. The number of hydrogen-bond donors (Lipinski definition) is 0. The molecule has 5 aromatic rings. The molecular weight excluding hydrogens is 510 g/mol. The average Bonchev–Trinajstić information content (AvgIpc) is 3.42. The number of rotatable bonds is 6. The van der Waals surface area contributed by atoms with Crippen LogP contribution in [0, 0.1) is 0 Å². The van der Waals surface area contributed by atoms with Gasteiger partial charge in [-0.05, 0) is 53.1 Å². The van der Waals surface area contributed by atoms with Crippen molar-refractivity contribution >= 4 is 11.5 Å². The van der Waals surface area contributed by atoms with Gasteiger partial charge in [0.2, 0.25) is 5.75 Å². The second kappa shape index (κ2) is 10.4. The molecule has 1 aliphatic heterocycles. The standard InChI is InChI=1S/C35H35N3O3/c1-35(2,3)33-30-26-19-13-14-20-27(26)31(23-21-28(39-4)32(41-6)29(22-23)40-5)37(24-15-9-7-10-16-24)34(30)38(36-33)25-17-11-8-12-18-25/h7-22,31H,1-6H3. The van der Waals surface area contributed by atoms with Crippen LogP contribution in [0.5, 0.6) is 17.2 Å². The van der Waals surface area contributed by atoms with E-state index in [0.717, 1.165) is 34.0 Å². The van der Waals surface area contributed by atoms with E-state index in [9.17, 15) is 0 Å². The molecule has 6 nitrogen and oxygen atoms in total. The SMILES string of the molecule is COc1cc(C2c3ccccc3-c3c(C(C)(C)C)nn(-c4ccccc4)c3N2c2ccccc2)cc(OC)c1OC. The zero-order valence-corrected chi connectivity index (χ0v) is 24.4. The number of benzene rings is 4. The van der Waals surface area contributed by atoms with Crippen LogP contribution in [0.25, 0.3) is 16.8 Å². The molecule has 0 N–H and O–H groups in total. The highest BCUT2D eigenvalue weighted by Crippen LogP contribution is 2.55. The Morgan fingerprint density at radius 2 is 1.24 bits per heavy atom. The van der Waals surface area contributed by atoms with Crippen LogP contribution in [-0.2, 0) is 5.41 Å². The van der Waals surface area contributed by atoms with E-state index in [0.29, 0.717) is 17.2 Å². The van der Waals surface area contributed by atoms with E-state index in [4.69, 9.17) is 19.3 Å². The summed E-state index contributed by atoms with van der Waals surface area (Å²) in [7, 11) is 4.94. The first kappa shape index (κ1) is 26.5. The largest absolute Gasteiger partial charge is 0.493 e. The summed E-state index contributed by atoms with van der Waals surface area (Å²) in [5, 5.41) is 5.34. The predicted octanol–water partition coefficient (Wildman–Crippen LogP) is 8.10. The van der Waals surface area contributed by atoms with Crippen LogP contribution in [0.1, 0.15) is 43.6 Å². The van der Waals surface area contributed by atoms with Crippen LogP contribution in [0.2, 0.25) is 0 Å². The highest BCUT2D eigenvalue weighted by atomic mass is 16.5. The molecule has 6 rings (SSSR count). The van der Waals surface area contributed by atoms with Crippen molar-refractivity contribution < 1.29 is 14.2 Å². The molecule has 0 aliphatic carbocycles. The van der Waals surface area contributed by atoms with Gasteiger partial charge in [0.15, 0.2) is 11.5 Å². The molecule has 1 unspecified atom stereocenters. The Bertz CT molecular complexity index is 1660. The first-order chi connectivity index (χ1) is 19.9. The summed E-state index contributed by atoms with van der Waals surface area (Å²) >= 11 is 0. The van der Waals surface area contributed by atoms with Gasteiger partial charge < -0.3 is 19.1 Å². The highest BCUT2D eigenvalue weighted by Gasteiger charge is 2.41. The summed E-state index contributed by atoms with van der Waals surface area (Å²) in [6, 6.07) is 33.4. The molecule has 1 atom stereocenters. The van der Waals surface area contributed by atoms with E-state index in [2.05, 4.69) is 115 Å². The van der Waals surface area contributed by atoms with Crippen LogP contribution in [0.15, 0.2) is 97.1 Å². The number of anilines is 2. The van der Waals surface area contributed by atoms with Crippen LogP contribution in [0.4, 0.5) is 11.5 Å². The van der Waals surface area contributed by atoms with Crippen molar-refractivity contribution in [3.63, 3.8) is 0 Å². The van der Waals surface area contributed by atoms with Crippen molar-refractivity contribution in [3.8, 4) is 34.1 Å². The number of nitrogens with zero attached hydrogens (tertiary/aromatic N) is 3. The lowest BCUT2D eigenvalue weighted by Gasteiger charge is -2.40. The van der Waals surface area contributed by atoms with E-state index < -0.39 is 0 Å². The number of para-hydroxylation sites is 2. The zero-order chi connectivity index (χ0) is 28.7. The molecule has 0 saturated carbocycles. The fraction of sp³-hybridized carbons (Fsp3) is 0.229. The highest BCUT2D eigenvalue weighted by molar-refractivity contribution is 5.90. The van der Waals surface area contributed by atoms with E-state index >= 15 is 0 Å². The second-order valence-corrected chi connectivity index (χ2v) is 11.2. The smallest absolute Gasteiger partial charge is 0.203 e. The number of aromatic nitrogens is 2. The predicted molar refractivity (Wildman–Crippen MR) is 164 cm³/mol. The molecule has 41 heavy (non-hydrogen) atoms. The van der Waals surface area contributed by atoms with Crippen molar-refractivity contribution in [2.24, 2.45) is 0 Å². The lowest BCUT2D eigenvalue weighted by atomic mass is 9.81. The van der Waals surface area contributed by atoms with Crippen molar-refractivity contribution in [3.05, 3.63) is 114 Å². The monoisotopic (exact) mass is 545 g/mol. The van der Waals surface area contributed by atoms with Gasteiger partial charge in [-0.1, -0.05) is 81.4 Å². The van der Waals surface area contributed by atoms with Gasteiger partial charge in [0.1, 0.15) is 5.82 Å². The molecule has 0 spiro atoms. The minimum atomic E-state index is -0.207. The summed E-state index contributed by atoms with van der Waals surface area (Å²) in [6.45, 7) is 6.68.